The fourth-order valence-corrected chi connectivity index (χ4v) is 14.2. The third-order valence-corrected chi connectivity index (χ3v) is 15.7. The Morgan fingerprint density at radius 2 is 1.44 bits per heavy atom. The first kappa shape index (κ1) is 25.3. The smallest absolute Gasteiger partial charge is 1.00 e. The maximum Gasteiger partial charge on any atom is -1.00 e. The molecule has 0 aromatic heterocycles. The zero-order valence-corrected chi connectivity index (χ0v) is 24.3. The van der Waals surface area contributed by atoms with E-state index in [0.717, 1.165) is 6.42 Å². The molecule has 2 aliphatic rings. The zero-order chi connectivity index (χ0) is 22.8. The average Bonchev–Trinajstić information content (AvgIpc) is 3.46. The van der Waals surface area contributed by atoms with Crippen molar-refractivity contribution in [3.8, 4) is 11.1 Å². The second-order valence-corrected chi connectivity index (χ2v) is 17.2. The molecule has 0 amide bonds. The van der Waals surface area contributed by atoms with Gasteiger partial charge in [-0.1, -0.05) is 0 Å². The van der Waals surface area contributed by atoms with Crippen LogP contribution < -0.4 is 28.1 Å². The second kappa shape index (κ2) is 9.87. The number of hydrogen-bond acceptors (Lipinski definition) is 0. The molecule has 0 bridgehead atoms. The van der Waals surface area contributed by atoms with Crippen molar-refractivity contribution in [1.82, 2.24) is 0 Å². The Kier molecular flexibility index (Phi) is 6.95. The van der Waals surface area contributed by atoms with Gasteiger partial charge < -0.3 is 24.8 Å². The molecule has 2 aliphatic carbocycles. The van der Waals surface area contributed by atoms with Crippen LogP contribution in [0.1, 0.15) is 39.7 Å². The summed E-state index contributed by atoms with van der Waals surface area (Å²) in [6.07, 6.45) is 6.04. The molecular formula is C33H26Cl2Zr. The maximum absolute atomic E-state index is 2.55. The molecule has 0 spiro atoms. The van der Waals surface area contributed by atoms with Crippen LogP contribution in [0.2, 0.25) is 0 Å². The second-order valence-electron chi connectivity index (χ2n) is 9.87. The zero-order valence-electron chi connectivity index (χ0n) is 20.4. The molecule has 5 aromatic rings. The van der Waals surface area contributed by atoms with Gasteiger partial charge in [0.15, 0.2) is 0 Å². The van der Waals surface area contributed by atoms with Crippen molar-refractivity contribution in [1.29, 1.82) is 0 Å². The molecular weight excluding hydrogens is 558 g/mol. The minimum absolute atomic E-state index is 0. The van der Waals surface area contributed by atoms with Crippen LogP contribution in [0.5, 0.6) is 0 Å². The van der Waals surface area contributed by atoms with Crippen LogP contribution in [0.4, 0.5) is 0 Å². The number of fused-ring (bicyclic) bond motifs is 8. The summed E-state index contributed by atoms with van der Waals surface area (Å²) in [5.74, 6) is 0. The van der Waals surface area contributed by atoms with Gasteiger partial charge in [-0.25, -0.2) is 0 Å². The monoisotopic (exact) mass is 582 g/mol. The molecule has 36 heavy (non-hydrogen) atoms. The Bertz CT molecular complexity index is 1710. The molecule has 0 nitrogen and oxygen atoms in total. The molecule has 0 heterocycles. The fourth-order valence-electron chi connectivity index (χ4n) is 6.32. The van der Waals surface area contributed by atoms with E-state index in [9.17, 15) is 0 Å². The van der Waals surface area contributed by atoms with Gasteiger partial charge in [-0.2, -0.15) is 0 Å². The minimum atomic E-state index is -2.26. The van der Waals surface area contributed by atoms with Crippen LogP contribution in [-0.2, 0) is 27.7 Å². The van der Waals surface area contributed by atoms with Gasteiger partial charge >= 0.3 is 210 Å². The number of allylic oxidation sites excluding steroid dienone is 1. The summed E-state index contributed by atoms with van der Waals surface area (Å²) >= 11 is -2.26. The predicted octanol–water partition coefficient (Wildman–Crippen LogP) is 1.80. The van der Waals surface area contributed by atoms with Crippen molar-refractivity contribution >= 4 is 34.1 Å². The molecule has 0 N–H and O–H groups in total. The van der Waals surface area contributed by atoms with Gasteiger partial charge in [0.1, 0.15) is 0 Å². The first-order valence-electron chi connectivity index (χ1n) is 12.2. The fraction of sp³-hybridized carbons (Fsp3) is 0.121. The van der Waals surface area contributed by atoms with Gasteiger partial charge in [-0.05, 0) is 0 Å². The van der Waals surface area contributed by atoms with Gasteiger partial charge in [0.05, 0.1) is 0 Å². The predicted molar refractivity (Wildman–Crippen MR) is 144 cm³/mol. The SMILES string of the molecule is C[C](C)=[Zr+2]([c]1cccc2c1Cc1ccccc1-2)[CH]1C=Cc2ccc3ccc4ccccc4c3c21.[Cl-].[Cl-]. The van der Waals surface area contributed by atoms with E-state index in [1.807, 2.05) is 0 Å². The van der Waals surface area contributed by atoms with Gasteiger partial charge in [0.2, 0.25) is 0 Å². The molecule has 0 saturated carbocycles. The topological polar surface area (TPSA) is 0 Å². The van der Waals surface area contributed by atoms with Crippen LogP contribution in [0.15, 0.2) is 97.1 Å². The van der Waals surface area contributed by atoms with E-state index in [-0.39, 0.29) is 24.8 Å². The Hall–Kier alpha value is -2.31. The number of halogens is 2. The summed E-state index contributed by atoms with van der Waals surface area (Å²) in [6, 6.07) is 34.3. The summed E-state index contributed by atoms with van der Waals surface area (Å²) in [5, 5.41) is 5.58. The average molecular weight is 585 g/mol. The van der Waals surface area contributed by atoms with Crippen LogP contribution in [0.25, 0.3) is 38.7 Å². The molecule has 0 fully saturated rings. The van der Waals surface area contributed by atoms with E-state index in [1.54, 1.807) is 17.6 Å². The molecule has 176 valence electrons. The third-order valence-electron chi connectivity index (χ3n) is 7.75. The van der Waals surface area contributed by atoms with Gasteiger partial charge in [0, 0.05) is 0 Å². The Morgan fingerprint density at radius 3 is 2.31 bits per heavy atom. The first-order valence-corrected chi connectivity index (χ1v) is 16.1. The quantitative estimate of drug-likeness (QED) is 0.273. The van der Waals surface area contributed by atoms with E-state index in [2.05, 4.69) is 117 Å². The van der Waals surface area contributed by atoms with E-state index in [0.29, 0.717) is 3.63 Å². The van der Waals surface area contributed by atoms with Crippen LogP contribution in [-0.4, -0.2) is 3.21 Å². The molecule has 0 aliphatic heterocycles. The Morgan fingerprint density at radius 1 is 0.722 bits per heavy atom. The standard InChI is InChI=1S/C17H11.C13H9.C3H6.2ClH.Zr/c1-2-6-15-12(4-1)8-10-14-11-9-13-5-3-7-16(13)17(14)15;1-3-7-12-10(5-1)9-11-6-2-4-8-13(11)12;1-3-2;;;/h1-11H;1-5,7-8H,9H2;1-2H3;2*1H;/q;;;;;+2/p-2. The molecule has 7 rings (SSSR count). The van der Waals surface area contributed by atoms with E-state index in [1.165, 1.54) is 43.8 Å². The number of rotatable bonds is 2. The Balaban J connectivity index is 0.00000133. The van der Waals surface area contributed by atoms with E-state index < -0.39 is 21.3 Å². The number of hydrogen-bond donors (Lipinski definition) is 0. The van der Waals surface area contributed by atoms with Crippen molar-refractivity contribution in [2.24, 2.45) is 0 Å². The van der Waals surface area contributed by atoms with Crippen molar-refractivity contribution in [3.63, 3.8) is 0 Å². The molecule has 3 heteroatoms. The maximum atomic E-state index is 2.55. The van der Waals surface area contributed by atoms with Gasteiger partial charge in [0.25, 0.3) is 0 Å². The summed E-state index contributed by atoms with van der Waals surface area (Å²) in [7, 11) is 0. The largest absolute Gasteiger partial charge is 1.00 e. The summed E-state index contributed by atoms with van der Waals surface area (Å²) in [4.78, 5) is 0. The summed E-state index contributed by atoms with van der Waals surface area (Å²) in [6.45, 7) is 4.82. The van der Waals surface area contributed by atoms with Crippen LogP contribution >= 0.6 is 0 Å². The van der Waals surface area contributed by atoms with Crippen molar-refractivity contribution in [3.05, 3.63) is 119 Å². The number of benzene rings is 5. The van der Waals surface area contributed by atoms with Crippen molar-refractivity contribution < 1.29 is 46.1 Å². The normalized spacial score (nSPS) is 14.3. The minimum Gasteiger partial charge on any atom is -1.00 e. The molecule has 0 radical (unpaired) electrons. The molecule has 5 aromatic carbocycles. The summed E-state index contributed by atoms with van der Waals surface area (Å²) < 4.78 is 3.90. The third kappa shape index (κ3) is 3.80. The first-order chi connectivity index (χ1) is 16.7. The van der Waals surface area contributed by atoms with Gasteiger partial charge in [-0.3, -0.25) is 0 Å². The molecule has 0 saturated heterocycles. The molecule has 1 unspecified atom stereocenters. The van der Waals surface area contributed by atoms with E-state index >= 15 is 0 Å². The molecule has 1 atom stereocenters. The van der Waals surface area contributed by atoms with Crippen LogP contribution in [0.3, 0.4) is 0 Å². The van der Waals surface area contributed by atoms with Crippen molar-refractivity contribution in [2.75, 3.05) is 0 Å². The van der Waals surface area contributed by atoms with Crippen molar-refractivity contribution in [2.45, 2.75) is 23.9 Å². The van der Waals surface area contributed by atoms with Gasteiger partial charge in [-0.15, -0.1) is 0 Å². The Labute approximate surface area is 233 Å². The summed E-state index contributed by atoms with van der Waals surface area (Å²) in [5.41, 5.74) is 9.00. The van der Waals surface area contributed by atoms with E-state index in [4.69, 9.17) is 0 Å². The van der Waals surface area contributed by atoms with Crippen LogP contribution in [0, 0.1) is 0 Å².